The summed E-state index contributed by atoms with van der Waals surface area (Å²) in [6.07, 6.45) is 3.17. The standard InChI is InChI=1S/C15H23NO2/c1-11-8-9-12(2)13(10-11)14(16)6-4-5-7-15(17)18-3/h8-10,14H,4-7,16H2,1-3H3. The van der Waals surface area contributed by atoms with Gasteiger partial charge < -0.3 is 10.5 Å². The molecule has 3 heteroatoms. The van der Waals surface area contributed by atoms with Gasteiger partial charge in [0.2, 0.25) is 0 Å². The number of hydrogen-bond acceptors (Lipinski definition) is 3. The van der Waals surface area contributed by atoms with Crippen molar-refractivity contribution in [2.24, 2.45) is 5.73 Å². The molecule has 0 spiro atoms. The number of ether oxygens (including phenoxy) is 1. The minimum Gasteiger partial charge on any atom is -0.469 e. The first-order chi connectivity index (χ1) is 8.54. The van der Waals surface area contributed by atoms with E-state index in [1.54, 1.807) is 0 Å². The first kappa shape index (κ1) is 14.7. The second kappa shape index (κ2) is 7.17. The van der Waals surface area contributed by atoms with Crippen LogP contribution in [-0.4, -0.2) is 13.1 Å². The van der Waals surface area contributed by atoms with Crippen molar-refractivity contribution in [3.8, 4) is 0 Å². The predicted octanol–water partition coefficient (Wildman–Crippen LogP) is 3.04. The van der Waals surface area contributed by atoms with Crippen LogP contribution >= 0.6 is 0 Å². The van der Waals surface area contributed by atoms with Crippen molar-refractivity contribution < 1.29 is 9.53 Å². The minimum atomic E-state index is -0.143. The lowest BCUT2D eigenvalue weighted by molar-refractivity contribution is -0.140. The number of carbonyl (C=O) groups is 1. The van der Waals surface area contributed by atoms with E-state index >= 15 is 0 Å². The molecule has 3 nitrogen and oxygen atoms in total. The number of rotatable bonds is 6. The maximum Gasteiger partial charge on any atom is 0.305 e. The summed E-state index contributed by atoms with van der Waals surface area (Å²) in [6.45, 7) is 4.16. The van der Waals surface area contributed by atoms with Gasteiger partial charge in [-0.25, -0.2) is 0 Å². The molecule has 18 heavy (non-hydrogen) atoms. The molecule has 0 saturated heterocycles. The Balaban J connectivity index is 2.43. The number of benzene rings is 1. The van der Waals surface area contributed by atoms with Crippen LogP contribution in [0.2, 0.25) is 0 Å². The Kier molecular flexibility index (Phi) is 5.86. The summed E-state index contributed by atoms with van der Waals surface area (Å²) in [5.74, 6) is -0.143. The highest BCUT2D eigenvalue weighted by atomic mass is 16.5. The molecule has 1 unspecified atom stereocenters. The van der Waals surface area contributed by atoms with Gasteiger partial charge in [0.1, 0.15) is 0 Å². The Labute approximate surface area is 109 Å². The van der Waals surface area contributed by atoms with Crippen LogP contribution in [0.5, 0.6) is 0 Å². The van der Waals surface area contributed by atoms with Gasteiger partial charge in [0.15, 0.2) is 0 Å². The second-order valence-corrected chi connectivity index (χ2v) is 4.79. The quantitative estimate of drug-likeness (QED) is 0.622. The largest absolute Gasteiger partial charge is 0.469 e. The maximum absolute atomic E-state index is 11.0. The van der Waals surface area contributed by atoms with E-state index in [-0.39, 0.29) is 12.0 Å². The molecule has 0 aliphatic heterocycles. The number of unbranched alkanes of at least 4 members (excludes halogenated alkanes) is 1. The van der Waals surface area contributed by atoms with Crippen molar-refractivity contribution in [2.45, 2.75) is 45.6 Å². The summed E-state index contributed by atoms with van der Waals surface area (Å²) in [5.41, 5.74) is 9.89. The Hall–Kier alpha value is -1.35. The number of esters is 1. The van der Waals surface area contributed by atoms with Crippen LogP contribution in [0.3, 0.4) is 0 Å². The zero-order chi connectivity index (χ0) is 13.5. The van der Waals surface area contributed by atoms with Gasteiger partial charge in [0, 0.05) is 12.5 Å². The maximum atomic E-state index is 11.0. The average molecular weight is 249 g/mol. The molecular formula is C15H23NO2. The number of carbonyl (C=O) groups excluding carboxylic acids is 1. The molecule has 1 rings (SSSR count). The van der Waals surface area contributed by atoms with Crippen molar-refractivity contribution in [2.75, 3.05) is 7.11 Å². The Morgan fingerprint density at radius 3 is 2.72 bits per heavy atom. The molecule has 2 N–H and O–H groups in total. The van der Waals surface area contributed by atoms with Crippen LogP contribution in [0.25, 0.3) is 0 Å². The van der Waals surface area contributed by atoms with E-state index in [2.05, 4.69) is 36.8 Å². The lowest BCUT2D eigenvalue weighted by Crippen LogP contribution is -2.12. The molecule has 1 atom stereocenters. The monoisotopic (exact) mass is 249 g/mol. The smallest absolute Gasteiger partial charge is 0.305 e. The first-order valence-electron chi connectivity index (χ1n) is 6.44. The third-order valence-electron chi connectivity index (χ3n) is 3.21. The fourth-order valence-electron chi connectivity index (χ4n) is 2.05. The summed E-state index contributed by atoms with van der Waals surface area (Å²) in [4.78, 5) is 11.0. The van der Waals surface area contributed by atoms with Gasteiger partial charge in [-0.1, -0.05) is 30.2 Å². The van der Waals surface area contributed by atoms with E-state index in [0.29, 0.717) is 6.42 Å². The molecule has 0 bridgehead atoms. The summed E-state index contributed by atoms with van der Waals surface area (Å²) in [6, 6.07) is 6.42. The van der Waals surface area contributed by atoms with Crippen LogP contribution in [0.4, 0.5) is 0 Å². The lowest BCUT2D eigenvalue weighted by atomic mass is 9.95. The van der Waals surface area contributed by atoms with Gasteiger partial charge in [0.05, 0.1) is 7.11 Å². The number of methoxy groups -OCH3 is 1. The van der Waals surface area contributed by atoms with Gasteiger partial charge >= 0.3 is 5.97 Å². The van der Waals surface area contributed by atoms with Crippen LogP contribution in [0.15, 0.2) is 18.2 Å². The van der Waals surface area contributed by atoms with E-state index in [1.807, 2.05) is 0 Å². The van der Waals surface area contributed by atoms with Crippen LogP contribution in [0, 0.1) is 13.8 Å². The summed E-state index contributed by atoms with van der Waals surface area (Å²) in [5, 5.41) is 0. The van der Waals surface area contributed by atoms with Gasteiger partial charge in [-0.15, -0.1) is 0 Å². The molecular weight excluding hydrogens is 226 g/mol. The van der Waals surface area contributed by atoms with Crippen LogP contribution in [0.1, 0.15) is 48.4 Å². The molecule has 0 fully saturated rings. The molecule has 1 aromatic rings. The summed E-state index contributed by atoms with van der Waals surface area (Å²) >= 11 is 0. The highest BCUT2D eigenvalue weighted by Gasteiger charge is 2.09. The molecule has 0 aliphatic carbocycles. The van der Waals surface area contributed by atoms with Crippen LogP contribution in [-0.2, 0) is 9.53 Å². The number of hydrogen-bond donors (Lipinski definition) is 1. The highest BCUT2D eigenvalue weighted by Crippen LogP contribution is 2.22. The van der Waals surface area contributed by atoms with E-state index in [9.17, 15) is 4.79 Å². The summed E-state index contributed by atoms with van der Waals surface area (Å²) < 4.78 is 4.61. The Morgan fingerprint density at radius 1 is 1.33 bits per heavy atom. The van der Waals surface area contributed by atoms with E-state index in [0.717, 1.165) is 19.3 Å². The molecule has 1 aromatic carbocycles. The van der Waals surface area contributed by atoms with Gasteiger partial charge in [-0.05, 0) is 37.8 Å². The lowest BCUT2D eigenvalue weighted by Gasteiger charge is -2.15. The molecule has 0 heterocycles. The van der Waals surface area contributed by atoms with Crippen molar-refractivity contribution in [3.05, 3.63) is 34.9 Å². The van der Waals surface area contributed by atoms with E-state index < -0.39 is 0 Å². The number of aryl methyl sites for hydroxylation is 2. The fourth-order valence-corrected chi connectivity index (χ4v) is 2.05. The molecule has 0 aromatic heterocycles. The molecule has 0 radical (unpaired) electrons. The molecule has 0 aliphatic rings. The molecule has 100 valence electrons. The predicted molar refractivity (Wildman–Crippen MR) is 73.3 cm³/mol. The number of nitrogens with two attached hydrogens (primary N) is 1. The zero-order valence-corrected chi connectivity index (χ0v) is 11.5. The molecule has 0 amide bonds. The normalized spacial score (nSPS) is 12.2. The summed E-state index contributed by atoms with van der Waals surface area (Å²) in [7, 11) is 1.42. The van der Waals surface area contributed by atoms with Crippen LogP contribution < -0.4 is 5.73 Å². The van der Waals surface area contributed by atoms with Gasteiger partial charge in [-0.3, -0.25) is 4.79 Å². The highest BCUT2D eigenvalue weighted by molar-refractivity contribution is 5.68. The molecule has 0 saturated carbocycles. The van der Waals surface area contributed by atoms with Crippen molar-refractivity contribution in [1.29, 1.82) is 0 Å². The van der Waals surface area contributed by atoms with Crippen molar-refractivity contribution in [3.63, 3.8) is 0 Å². The van der Waals surface area contributed by atoms with Crippen molar-refractivity contribution >= 4 is 5.97 Å². The minimum absolute atomic E-state index is 0.0579. The second-order valence-electron chi connectivity index (χ2n) is 4.79. The van der Waals surface area contributed by atoms with E-state index in [1.165, 1.54) is 23.8 Å². The Bertz CT molecular complexity index is 401. The third-order valence-corrected chi connectivity index (χ3v) is 3.21. The first-order valence-corrected chi connectivity index (χ1v) is 6.44. The Morgan fingerprint density at radius 2 is 2.06 bits per heavy atom. The fraction of sp³-hybridized carbons (Fsp3) is 0.533. The van der Waals surface area contributed by atoms with Gasteiger partial charge in [0.25, 0.3) is 0 Å². The third kappa shape index (κ3) is 4.49. The van der Waals surface area contributed by atoms with Gasteiger partial charge in [-0.2, -0.15) is 0 Å². The van der Waals surface area contributed by atoms with E-state index in [4.69, 9.17) is 5.73 Å². The zero-order valence-electron chi connectivity index (χ0n) is 11.5. The SMILES string of the molecule is COC(=O)CCCCC(N)c1cc(C)ccc1C. The topological polar surface area (TPSA) is 52.3 Å². The average Bonchev–Trinajstić information content (AvgIpc) is 2.36. The van der Waals surface area contributed by atoms with Crippen molar-refractivity contribution in [1.82, 2.24) is 0 Å².